The second-order valence-corrected chi connectivity index (χ2v) is 8.89. The minimum absolute atomic E-state index is 0.120. The highest BCUT2D eigenvalue weighted by Crippen LogP contribution is 2.32. The Morgan fingerprint density at radius 1 is 1.26 bits per heavy atom. The van der Waals surface area contributed by atoms with Gasteiger partial charge in [-0.3, -0.25) is 10.1 Å². The Morgan fingerprint density at radius 2 is 2.04 bits per heavy atom. The van der Waals surface area contributed by atoms with Crippen LogP contribution in [0.2, 0.25) is 5.28 Å². The summed E-state index contributed by atoms with van der Waals surface area (Å²) < 4.78 is 0. The minimum atomic E-state index is 0.120. The third-order valence-electron chi connectivity index (χ3n) is 3.97. The van der Waals surface area contributed by atoms with Crippen LogP contribution in [0.25, 0.3) is 0 Å². The van der Waals surface area contributed by atoms with Gasteiger partial charge in [-0.2, -0.15) is 15.0 Å². The van der Waals surface area contributed by atoms with Gasteiger partial charge in [0.25, 0.3) is 0 Å². The van der Waals surface area contributed by atoms with Crippen LogP contribution >= 0.6 is 34.7 Å². The first-order chi connectivity index (χ1) is 13.0. The standard InChI is InChI=1S/C18H16ClN5OS2/c1-10-9-20-17(26-10)23-16-21-15(19)22-18(24-16)27-13-6-2-11(3-7-13)8-14(25)12-4-5-12/h2-3,6-7,9,12H,4-5,8H2,1H3,(H,20,21,22,23,24). The summed E-state index contributed by atoms with van der Waals surface area (Å²) in [4.78, 5) is 30.9. The fraction of sp³-hybridized carbons (Fsp3) is 0.278. The molecule has 0 aliphatic heterocycles. The number of nitrogens with one attached hydrogen (secondary N) is 1. The van der Waals surface area contributed by atoms with Gasteiger partial charge in [-0.25, -0.2) is 4.98 Å². The molecule has 27 heavy (non-hydrogen) atoms. The zero-order valence-electron chi connectivity index (χ0n) is 14.5. The molecule has 138 valence electrons. The molecule has 0 amide bonds. The molecular formula is C18H16ClN5OS2. The van der Waals surface area contributed by atoms with Crippen molar-refractivity contribution in [2.75, 3.05) is 5.32 Å². The van der Waals surface area contributed by atoms with Crippen LogP contribution < -0.4 is 5.32 Å². The number of aryl methyl sites for hydroxylation is 1. The third-order valence-corrected chi connectivity index (χ3v) is 5.84. The van der Waals surface area contributed by atoms with E-state index < -0.39 is 0 Å². The van der Waals surface area contributed by atoms with E-state index in [0.717, 1.165) is 28.2 Å². The Balaban J connectivity index is 1.44. The molecule has 1 aromatic carbocycles. The van der Waals surface area contributed by atoms with Gasteiger partial charge >= 0.3 is 0 Å². The van der Waals surface area contributed by atoms with E-state index in [1.54, 1.807) is 6.20 Å². The van der Waals surface area contributed by atoms with E-state index in [4.69, 9.17) is 11.6 Å². The average molecular weight is 418 g/mol. The van der Waals surface area contributed by atoms with E-state index in [1.807, 2.05) is 31.2 Å². The quantitative estimate of drug-likeness (QED) is 0.596. The number of nitrogens with zero attached hydrogens (tertiary/aromatic N) is 4. The van der Waals surface area contributed by atoms with Crippen molar-refractivity contribution >= 4 is 51.6 Å². The van der Waals surface area contributed by atoms with Crippen LogP contribution in [0, 0.1) is 12.8 Å². The van der Waals surface area contributed by atoms with Gasteiger partial charge in [-0.15, -0.1) is 11.3 Å². The van der Waals surface area contributed by atoms with Crippen molar-refractivity contribution in [3.63, 3.8) is 0 Å². The molecule has 0 spiro atoms. The summed E-state index contributed by atoms with van der Waals surface area (Å²) in [5.41, 5.74) is 1.03. The summed E-state index contributed by atoms with van der Waals surface area (Å²) in [6.45, 7) is 1.98. The number of aromatic nitrogens is 4. The maximum Gasteiger partial charge on any atom is 0.234 e. The maximum absolute atomic E-state index is 11.9. The molecule has 0 saturated heterocycles. The summed E-state index contributed by atoms with van der Waals surface area (Å²) in [5, 5.41) is 4.37. The lowest BCUT2D eigenvalue weighted by Crippen LogP contribution is -2.04. The van der Waals surface area contributed by atoms with Crippen LogP contribution in [0.1, 0.15) is 23.3 Å². The number of halogens is 1. The van der Waals surface area contributed by atoms with Crippen LogP contribution in [-0.2, 0) is 11.2 Å². The van der Waals surface area contributed by atoms with E-state index in [1.165, 1.54) is 23.1 Å². The summed E-state index contributed by atoms with van der Waals surface area (Å²) in [7, 11) is 0. The average Bonchev–Trinajstić information content (AvgIpc) is 3.40. The van der Waals surface area contributed by atoms with Gasteiger partial charge in [-0.1, -0.05) is 12.1 Å². The summed E-state index contributed by atoms with van der Waals surface area (Å²) >= 11 is 8.94. The normalized spacial score (nSPS) is 13.6. The van der Waals surface area contributed by atoms with Crippen LogP contribution in [0.15, 0.2) is 40.5 Å². The number of carbonyl (C=O) groups excluding carboxylic acids is 1. The SMILES string of the molecule is Cc1cnc(Nc2nc(Cl)nc(Sc3ccc(CC(=O)C4CC4)cc3)n2)s1. The van der Waals surface area contributed by atoms with Crippen molar-refractivity contribution in [1.82, 2.24) is 19.9 Å². The molecule has 1 aliphatic carbocycles. The van der Waals surface area contributed by atoms with Crippen molar-refractivity contribution in [1.29, 1.82) is 0 Å². The van der Waals surface area contributed by atoms with Gasteiger partial charge in [0, 0.05) is 28.3 Å². The minimum Gasteiger partial charge on any atom is -0.300 e. The van der Waals surface area contributed by atoms with Crippen molar-refractivity contribution in [3.05, 3.63) is 46.2 Å². The molecule has 4 rings (SSSR count). The number of ketones is 1. The van der Waals surface area contributed by atoms with Crippen LogP contribution in [0.4, 0.5) is 11.1 Å². The largest absolute Gasteiger partial charge is 0.300 e. The van der Waals surface area contributed by atoms with Crippen LogP contribution in [0.3, 0.4) is 0 Å². The monoisotopic (exact) mass is 417 g/mol. The van der Waals surface area contributed by atoms with E-state index in [2.05, 4.69) is 25.3 Å². The lowest BCUT2D eigenvalue weighted by atomic mass is 10.1. The molecule has 2 aromatic heterocycles. The zero-order chi connectivity index (χ0) is 18.8. The van der Waals surface area contributed by atoms with Gasteiger partial charge < -0.3 is 0 Å². The highest BCUT2D eigenvalue weighted by molar-refractivity contribution is 7.99. The zero-order valence-corrected chi connectivity index (χ0v) is 16.9. The fourth-order valence-electron chi connectivity index (χ4n) is 2.47. The van der Waals surface area contributed by atoms with Crippen molar-refractivity contribution in [3.8, 4) is 0 Å². The Bertz CT molecular complexity index is 972. The predicted molar refractivity (Wildman–Crippen MR) is 107 cm³/mol. The van der Waals surface area contributed by atoms with Gasteiger partial charge in [0.1, 0.15) is 5.78 Å². The Labute approximate surface area is 169 Å². The lowest BCUT2D eigenvalue weighted by Gasteiger charge is -2.05. The van der Waals surface area contributed by atoms with Crippen molar-refractivity contribution < 1.29 is 4.79 Å². The van der Waals surface area contributed by atoms with Crippen molar-refractivity contribution in [2.45, 2.75) is 36.2 Å². The number of benzene rings is 1. The highest BCUT2D eigenvalue weighted by atomic mass is 35.5. The molecule has 1 fully saturated rings. The maximum atomic E-state index is 11.9. The highest BCUT2D eigenvalue weighted by Gasteiger charge is 2.28. The first kappa shape index (κ1) is 18.3. The molecule has 0 bridgehead atoms. The van der Waals surface area contributed by atoms with Gasteiger partial charge in [-0.05, 0) is 60.8 Å². The molecule has 9 heteroatoms. The third kappa shape index (κ3) is 5.03. The molecule has 1 saturated carbocycles. The molecule has 3 aromatic rings. The molecule has 2 heterocycles. The molecule has 6 nitrogen and oxygen atoms in total. The molecule has 0 atom stereocenters. The Kier molecular flexibility index (Phi) is 5.38. The van der Waals surface area contributed by atoms with E-state index >= 15 is 0 Å². The second-order valence-electron chi connectivity index (χ2n) is 6.28. The number of Topliss-reactive ketones (excluding diaryl/α,β-unsaturated/α-hetero) is 1. The van der Waals surface area contributed by atoms with E-state index in [-0.39, 0.29) is 5.28 Å². The van der Waals surface area contributed by atoms with Gasteiger partial charge in [0.05, 0.1) is 0 Å². The van der Waals surface area contributed by atoms with Crippen LogP contribution in [-0.4, -0.2) is 25.7 Å². The molecule has 1 aliphatic rings. The van der Waals surface area contributed by atoms with Crippen molar-refractivity contribution in [2.24, 2.45) is 5.92 Å². The Morgan fingerprint density at radius 3 is 2.70 bits per heavy atom. The number of hydrogen-bond donors (Lipinski definition) is 1. The predicted octanol–water partition coefficient (Wildman–Crippen LogP) is 4.71. The molecule has 1 N–H and O–H groups in total. The smallest absolute Gasteiger partial charge is 0.234 e. The topological polar surface area (TPSA) is 80.7 Å². The van der Waals surface area contributed by atoms with E-state index in [9.17, 15) is 4.79 Å². The fourth-order valence-corrected chi connectivity index (χ4v) is 4.09. The number of carbonyl (C=O) groups is 1. The first-order valence-corrected chi connectivity index (χ1v) is 10.5. The molecule has 0 radical (unpaired) electrons. The Hall–Kier alpha value is -2.03. The molecule has 0 unspecified atom stereocenters. The number of anilines is 2. The molecular weight excluding hydrogens is 402 g/mol. The number of hydrogen-bond acceptors (Lipinski definition) is 8. The number of thiazole rings is 1. The second kappa shape index (κ2) is 7.92. The first-order valence-electron chi connectivity index (χ1n) is 8.46. The summed E-state index contributed by atoms with van der Waals surface area (Å²) in [6, 6.07) is 7.89. The summed E-state index contributed by atoms with van der Waals surface area (Å²) in [5.74, 6) is 0.991. The lowest BCUT2D eigenvalue weighted by molar-refractivity contribution is -0.119. The number of rotatable bonds is 7. The van der Waals surface area contributed by atoms with Gasteiger partial charge in [0.15, 0.2) is 10.3 Å². The summed E-state index contributed by atoms with van der Waals surface area (Å²) in [6.07, 6.45) is 4.38. The van der Waals surface area contributed by atoms with Gasteiger partial charge in [0.2, 0.25) is 11.2 Å². The van der Waals surface area contributed by atoms with Crippen LogP contribution in [0.5, 0.6) is 0 Å². The van der Waals surface area contributed by atoms with E-state index in [0.29, 0.717) is 34.4 Å².